The molecule has 0 bridgehead atoms. The Hall–Kier alpha value is -2.75. The van der Waals surface area contributed by atoms with E-state index in [1.165, 1.54) is 11.1 Å². The first kappa shape index (κ1) is 14.8. The van der Waals surface area contributed by atoms with E-state index in [2.05, 4.69) is 57.2 Å². The first-order valence-corrected chi connectivity index (χ1v) is 8.43. The van der Waals surface area contributed by atoms with Gasteiger partial charge < -0.3 is 15.5 Å². The van der Waals surface area contributed by atoms with Crippen molar-refractivity contribution < 1.29 is 0 Å². The molecule has 2 heterocycles. The predicted molar refractivity (Wildman–Crippen MR) is 102 cm³/mol. The number of aryl methyl sites for hydroxylation is 1. The molecule has 1 saturated heterocycles. The molecule has 2 aromatic carbocycles. The maximum atomic E-state index is 6.12. The largest absolute Gasteiger partial charge is 0.397 e. The van der Waals surface area contributed by atoms with Crippen LogP contribution in [0.5, 0.6) is 0 Å². The average molecular weight is 318 g/mol. The topological polar surface area (TPSA) is 45.4 Å². The molecule has 0 unspecified atom stereocenters. The summed E-state index contributed by atoms with van der Waals surface area (Å²) < 4.78 is 0. The maximum absolute atomic E-state index is 6.12. The van der Waals surface area contributed by atoms with E-state index in [0.717, 1.165) is 48.8 Å². The second-order valence-corrected chi connectivity index (χ2v) is 6.33. The molecule has 0 atom stereocenters. The van der Waals surface area contributed by atoms with Gasteiger partial charge in [0.2, 0.25) is 0 Å². The van der Waals surface area contributed by atoms with Gasteiger partial charge in [-0.3, -0.25) is 4.98 Å². The van der Waals surface area contributed by atoms with Crippen LogP contribution in [0.25, 0.3) is 10.9 Å². The van der Waals surface area contributed by atoms with E-state index in [1.807, 2.05) is 19.1 Å². The number of nitrogen functional groups attached to an aromatic ring is 1. The number of nitrogens with two attached hydrogens (primary N) is 1. The molecular formula is C20H22N4. The quantitative estimate of drug-likeness (QED) is 0.735. The highest BCUT2D eigenvalue weighted by Gasteiger charge is 2.20. The number of hydrogen-bond acceptors (Lipinski definition) is 4. The third kappa shape index (κ3) is 2.64. The summed E-state index contributed by atoms with van der Waals surface area (Å²) in [6.45, 7) is 5.96. The van der Waals surface area contributed by atoms with Crippen molar-refractivity contribution in [3.63, 3.8) is 0 Å². The van der Waals surface area contributed by atoms with Crippen LogP contribution < -0.4 is 15.5 Å². The number of aromatic nitrogens is 1. The van der Waals surface area contributed by atoms with Gasteiger partial charge in [-0.25, -0.2) is 0 Å². The van der Waals surface area contributed by atoms with Crippen molar-refractivity contribution in [1.82, 2.24) is 4.98 Å². The minimum Gasteiger partial charge on any atom is -0.397 e. The molecule has 2 N–H and O–H groups in total. The van der Waals surface area contributed by atoms with Crippen molar-refractivity contribution in [3.05, 3.63) is 60.3 Å². The zero-order valence-electron chi connectivity index (χ0n) is 13.9. The van der Waals surface area contributed by atoms with Gasteiger partial charge in [-0.2, -0.15) is 0 Å². The Bertz CT molecular complexity index is 866. The third-order valence-corrected chi connectivity index (χ3v) is 4.75. The van der Waals surface area contributed by atoms with Crippen molar-refractivity contribution >= 4 is 28.0 Å². The normalized spacial score (nSPS) is 15.0. The Morgan fingerprint density at radius 3 is 2.21 bits per heavy atom. The molecule has 0 radical (unpaired) electrons. The van der Waals surface area contributed by atoms with Crippen molar-refractivity contribution in [2.45, 2.75) is 6.92 Å². The van der Waals surface area contributed by atoms with Crippen LogP contribution in [0.15, 0.2) is 54.6 Å². The molecule has 1 aromatic heterocycles. The van der Waals surface area contributed by atoms with Gasteiger partial charge in [0.05, 0.1) is 16.9 Å². The van der Waals surface area contributed by atoms with Crippen molar-refractivity contribution in [3.8, 4) is 0 Å². The summed E-state index contributed by atoms with van der Waals surface area (Å²) in [5.41, 5.74) is 11.5. The smallest absolute Gasteiger partial charge is 0.0726 e. The summed E-state index contributed by atoms with van der Waals surface area (Å²) in [7, 11) is 0. The van der Waals surface area contributed by atoms with Crippen LogP contribution in [0.1, 0.15) is 5.69 Å². The predicted octanol–water partition coefficient (Wildman–Crippen LogP) is 3.45. The summed E-state index contributed by atoms with van der Waals surface area (Å²) in [6.07, 6.45) is 0. The lowest BCUT2D eigenvalue weighted by atomic mass is 10.1. The lowest BCUT2D eigenvalue weighted by Gasteiger charge is -2.38. The summed E-state index contributed by atoms with van der Waals surface area (Å²) in [6, 6.07) is 18.8. The molecule has 4 rings (SSSR count). The van der Waals surface area contributed by atoms with E-state index >= 15 is 0 Å². The molecule has 0 aliphatic carbocycles. The SMILES string of the molecule is Cc1ccc2c(N3CCN(c4ccccc4N)CC3)cccc2n1. The molecule has 0 saturated carbocycles. The van der Waals surface area contributed by atoms with Gasteiger partial charge in [0.15, 0.2) is 0 Å². The Morgan fingerprint density at radius 2 is 1.46 bits per heavy atom. The van der Waals surface area contributed by atoms with Crippen LogP contribution in [-0.2, 0) is 0 Å². The summed E-state index contributed by atoms with van der Waals surface area (Å²) in [5, 5.41) is 1.23. The van der Waals surface area contributed by atoms with Gasteiger partial charge in [0.25, 0.3) is 0 Å². The number of benzene rings is 2. The molecule has 24 heavy (non-hydrogen) atoms. The molecule has 0 spiro atoms. The fourth-order valence-electron chi connectivity index (χ4n) is 3.48. The number of nitrogens with zero attached hydrogens (tertiary/aromatic N) is 3. The number of para-hydroxylation sites is 2. The molecule has 122 valence electrons. The van der Waals surface area contributed by atoms with Crippen LogP contribution in [0, 0.1) is 6.92 Å². The number of fused-ring (bicyclic) bond motifs is 1. The number of pyridine rings is 1. The highest BCUT2D eigenvalue weighted by molar-refractivity contribution is 5.92. The monoisotopic (exact) mass is 318 g/mol. The van der Waals surface area contributed by atoms with E-state index < -0.39 is 0 Å². The summed E-state index contributed by atoms with van der Waals surface area (Å²) in [4.78, 5) is 9.48. The first-order valence-electron chi connectivity index (χ1n) is 8.43. The Labute approximate surface area is 142 Å². The summed E-state index contributed by atoms with van der Waals surface area (Å²) in [5.74, 6) is 0. The van der Waals surface area contributed by atoms with E-state index in [-0.39, 0.29) is 0 Å². The molecule has 4 nitrogen and oxygen atoms in total. The highest BCUT2D eigenvalue weighted by Crippen LogP contribution is 2.29. The van der Waals surface area contributed by atoms with E-state index in [9.17, 15) is 0 Å². The number of anilines is 3. The molecule has 3 aromatic rings. The Morgan fingerprint density at radius 1 is 0.792 bits per heavy atom. The zero-order valence-corrected chi connectivity index (χ0v) is 13.9. The van der Waals surface area contributed by atoms with E-state index in [4.69, 9.17) is 5.73 Å². The van der Waals surface area contributed by atoms with Crippen molar-refractivity contribution in [2.75, 3.05) is 41.7 Å². The maximum Gasteiger partial charge on any atom is 0.0726 e. The van der Waals surface area contributed by atoms with Gasteiger partial charge in [-0.05, 0) is 43.3 Å². The number of piperazine rings is 1. The van der Waals surface area contributed by atoms with Crippen molar-refractivity contribution in [1.29, 1.82) is 0 Å². The van der Waals surface area contributed by atoms with Crippen LogP contribution in [0.3, 0.4) is 0 Å². The molecule has 1 aliphatic heterocycles. The van der Waals surface area contributed by atoms with Crippen LogP contribution in [-0.4, -0.2) is 31.2 Å². The minimum atomic E-state index is 0.857. The Balaban J connectivity index is 1.57. The van der Waals surface area contributed by atoms with Crippen LogP contribution >= 0.6 is 0 Å². The summed E-state index contributed by atoms with van der Waals surface area (Å²) >= 11 is 0. The highest BCUT2D eigenvalue weighted by atomic mass is 15.3. The first-order chi connectivity index (χ1) is 11.7. The zero-order chi connectivity index (χ0) is 16.5. The molecule has 1 aliphatic rings. The molecular weight excluding hydrogens is 296 g/mol. The van der Waals surface area contributed by atoms with Gasteiger partial charge in [0.1, 0.15) is 0 Å². The Kier molecular flexibility index (Phi) is 3.73. The lowest BCUT2D eigenvalue weighted by molar-refractivity contribution is 0.655. The average Bonchev–Trinajstić information content (AvgIpc) is 2.61. The lowest BCUT2D eigenvalue weighted by Crippen LogP contribution is -2.46. The van der Waals surface area contributed by atoms with Gasteiger partial charge in [0, 0.05) is 42.9 Å². The van der Waals surface area contributed by atoms with Gasteiger partial charge in [-0.1, -0.05) is 18.2 Å². The minimum absolute atomic E-state index is 0.857. The number of hydrogen-bond donors (Lipinski definition) is 1. The van der Waals surface area contributed by atoms with Crippen LogP contribution in [0.4, 0.5) is 17.1 Å². The second kappa shape index (κ2) is 6.04. The molecule has 0 amide bonds. The van der Waals surface area contributed by atoms with Crippen LogP contribution in [0.2, 0.25) is 0 Å². The fraction of sp³-hybridized carbons (Fsp3) is 0.250. The second-order valence-electron chi connectivity index (χ2n) is 6.33. The van der Waals surface area contributed by atoms with E-state index in [0.29, 0.717) is 0 Å². The van der Waals surface area contributed by atoms with Crippen molar-refractivity contribution in [2.24, 2.45) is 0 Å². The third-order valence-electron chi connectivity index (χ3n) is 4.75. The van der Waals surface area contributed by atoms with E-state index in [1.54, 1.807) is 0 Å². The fourth-order valence-corrected chi connectivity index (χ4v) is 3.48. The standard InChI is InChI=1S/C20H22N4/c1-15-9-10-16-18(22-15)6-4-8-19(16)23-11-13-24(14-12-23)20-7-3-2-5-17(20)21/h2-10H,11-14,21H2,1H3. The molecule has 4 heteroatoms. The van der Waals surface area contributed by atoms with Gasteiger partial charge >= 0.3 is 0 Å². The van der Waals surface area contributed by atoms with Gasteiger partial charge in [-0.15, -0.1) is 0 Å². The number of rotatable bonds is 2. The molecule has 1 fully saturated rings.